The van der Waals surface area contributed by atoms with E-state index in [1.54, 1.807) is 19.2 Å². The number of hydrogen-bond acceptors (Lipinski definition) is 3. The zero-order chi connectivity index (χ0) is 12.7. The predicted octanol–water partition coefficient (Wildman–Crippen LogP) is 1.87. The van der Waals surface area contributed by atoms with Crippen LogP contribution in [0.1, 0.15) is 24.9 Å². The van der Waals surface area contributed by atoms with Crippen LogP contribution in [0.2, 0.25) is 0 Å². The van der Waals surface area contributed by atoms with Gasteiger partial charge in [-0.05, 0) is 19.4 Å². The molecule has 0 bridgehead atoms. The van der Waals surface area contributed by atoms with Crippen molar-refractivity contribution in [1.29, 1.82) is 0 Å². The lowest BCUT2D eigenvalue weighted by atomic mass is 10.1. The van der Waals surface area contributed by atoms with Gasteiger partial charge in [0.05, 0.1) is 6.61 Å². The van der Waals surface area contributed by atoms with E-state index in [1.807, 2.05) is 13.0 Å². The van der Waals surface area contributed by atoms with Crippen LogP contribution in [0.3, 0.4) is 0 Å². The second kappa shape index (κ2) is 7.37. The zero-order valence-corrected chi connectivity index (χ0v) is 10.3. The van der Waals surface area contributed by atoms with Crippen LogP contribution in [0.15, 0.2) is 24.3 Å². The fourth-order valence-corrected chi connectivity index (χ4v) is 1.84. The number of aliphatic hydroxyl groups excluding tert-OH is 1. The largest absolute Gasteiger partial charge is 0.396 e. The Bertz CT molecular complexity index is 327. The van der Waals surface area contributed by atoms with E-state index < -0.39 is 0 Å². The number of rotatable bonds is 7. The van der Waals surface area contributed by atoms with Crippen molar-refractivity contribution in [2.45, 2.75) is 25.4 Å². The lowest BCUT2D eigenvalue weighted by molar-refractivity contribution is 0.143. The Morgan fingerprint density at radius 3 is 2.71 bits per heavy atom. The van der Waals surface area contributed by atoms with E-state index in [-0.39, 0.29) is 24.5 Å². The van der Waals surface area contributed by atoms with Crippen LogP contribution in [0.4, 0.5) is 4.39 Å². The predicted molar refractivity (Wildman–Crippen MR) is 65.3 cm³/mol. The van der Waals surface area contributed by atoms with Crippen molar-refractivity contribution < 1.29 is 14.2 Å². The minimum atomic E-state index is -0.215. The summed E-state index contributed by atoms with van der Waals surface area (Å²) in [6.45, 7) is 2.49. The summed E-state index contributed by atoms with van der Waals surface area (Å²) in [5.41, 5.74) is 0.631. The summed E-state index contributed by atoms with van der Waals surface area (Å²) >= 11 is 0. The van der Waals surface area contributed by atoms with Crippen molar-refractivity contribution in [2.24, 2.45) is 0 Å². The number of nitrogens with one attached hydrogen (secondary N) is 1. The molecule has 1 aromatic carbocycles. The highest BCUT2D eigenvalue weighted by atomic mass is 19.1. The van der Waals surface area contributed by atoms with Gasteiger partial charge in [0.25, 0.3) is 0 Å². The highest BCUT2D eigenvalue weighted by molar-refractivity contribution is 5.20. The average molecular weight is 241 g/mol. The maximum absolute atomic E-state index is 13.5. The van der Waals surface area contributed by atoms with E-state index in [0.29, 0.717) is 18.6 Å². The van der Waals surface area contributed by atoms with E-state index in [9.17, 15) is 4.39 Å². The Labute approximate surface area is 102 Å². The average Bonchev–Trinajstić information content (AvgIpc) is 2.30. The maximum atomic E-state index is 13.5. The molecule has 3 nitrogen and oxygen atoms in total. The van der Waals surface area contributed by atoms with Gasteiger partial charge in [0.2, 0.25) is 0 Å². The first kappa shape index (κ1) is 14.1. The van der Waals surface area contributed by atoms with Crippen molar-refractivity contribution in [3.63, 3.8) is 0 Å². The number of halogens is 1. The molecule has 17 heavy (non-hydrogen) atoms. The SMILES string of the molecule is COCC(CCO)NC(C)c1ccccc1F. The third kappa shape index (κ3) is 4.42. The summed E-state index contributed by atoms with van der Waals surface area (Å²) in [7, 11) is 1.61. The Morgan fingerprint density at radius 1 is 1.41 bits per heavy atom. The molecule has 0 amide bonds. The summed E-state index contributed by atoms with van der Waals surface area (Å²) in [5.74, 6) is -0.215. The van der Waals surface area contributed by atoms with Gasteiger partial charge in [0, 0.05) is 31.4 Å². The molecule has 0 radical (unpaired) electrons. The van der Waals surface area contributed by atoms with Crippen LogP contribution in [-0.4, -0.2) is 31.5 Å². The Balaban J connectivity index is 2.63. The van der Waals surface area contributed by atoms with E-state index in [4.69, 9.17) is 9.84 Å². The Kier molecular flexibility index (Phi) is 6.11. The molecule has 0 saturated carbocycles. The van der Waals surface area contributed by atoms with Gasteiger partial charge in [-0.15, -0.1) is 0 Å². The van der Waals surface area contributed by atoms with Gasteiger partial charge < -0.3 is 15.2 Å². The van der Waals surface area contributed by atoms with Crippen molar-refractivity contribution in [3.05, 3.63) is 35.6 Å². The maximum Gasteiger partial charge on any atom is 0.127 e. The summed E-state index contributed by atoms with van der Waals surface area (Å²) in [5, 5.41) is 12.2. The van der Waals surface area contributed by atoms with Gasteiger partial charge in [0.1, 0.15) is 5.82 Å². The quantitative estimate of drug-likeness (QED) is 0.765. The first-order valence-electron chi connectivity index (χ1n) is 5.79. The molecule has 0 fully saturated rings. The van der Waals surface area contributed by atoms with Crippen LogP contribution in [-0.2, 0) is 4.74 Å². The monoisotopic (exact) mass is 241 g/mol. The van der Waals surface area contributed by atoms with Crippen molar-refractivity contribution in [1.82, 2.24) is 5.32 Å². The van der Waals surface area contributed by atoms with E-state index >= 15 is 0 Å². The molecule has 1 aromatic rings. The molecule has 0 aliphatic rings. The van der Waals surface area contributed by atoms with Crippen LogP contribution in [0.25, 0.3) is 0 Å². The van der Waals surface area contributed by atoms with Crippen molar-refractivity contribution in [2.75, 3.05) is 20.3 Å². The molecule has 0 aromatic heterocycles. The smallest absolute Gasteiger partial charge is 0.127 e. The molecule has 2 atom stereocenters. The van der Waals surface area contributed by atoms with Gasteiger partial charge in [0.15, 0.2) is 0 Å². The third-order valence-electron chi connectivity index (χ3n) is 2.70. The fourth-order valence-electron chi connectivity index (χ4n) is 1.84. The van der Waals surface area contributed by atoms with Crippen LogP contribution in [0, 0.1) is 5.82 Å². The van der Waals surface area contributed by atoms with Gasteiger partial charge in [-0.2, -0.15) is 0 Å². The lowest BCUT2D eigenvalue weighted by Crippen LogP contribution is -2.36. The van der Waals surface area contributed by atoms with E-state index in [0.717, 1.165) is 0 Å². The lowest BCUT2D eigenvalue weighted by Gasteiger charge is -2.22. The van der Waals surface area contributed by atoms with Gasteiger partial charge in [-0.1, -0.05) is 18.2 Å². The van der Waals surface area contributed by atoms with Gasteiger partial charge in [-0.3, -0.25) is 0 Å². The summed E-state index contributed by atoms with van der Waals surface area (Å²) in [6.07, 6.45) is 0.590. The van der Waals surface area contributed by atoms with Crippen LogP contribution < -0.4 is 5.32 Å². The normalized spacial score (nSPS) is 14.6. The second-order valence-corrected chi connectivity index (χ2v) is 4.07. The topological polar surface area (TPSA) is 41.5 Å². The second-order valence-electron chi connectivity index (χ2n) is 4.07. The molecule has 0 aliphatic heterocycles. The van der Waals surface area contributed by atoms with Crippen molar-refractivity contribution >= 4 is 0 Å². The highest BCUT2D eigenvalue weighted by Gasteiger charge is 2.15. The summed E-state index contributed by atoms with van der Waals surface area (Å²) < 4.78 is 18.6. The molecule has 2 N–H and O–H groups in total. The van der Waals surface area contributed by atoms with E-state index in [2.05, 4.69) is 5.32 Å². The molecular weight excluding hydrogens is 221 g/mol. The molecule has 1 rings (SSSR count). The number of ether oxygens (including phenoxy) is 1. The summed E-state index contributed by atoms with van der Waals surface area (Å²) in [6, 6.07) is 6.61. The molecule has 0 spiro atoms. The molecule has 0 aliphatic carbocycles. The number of benzene rings is 1. The minimum Gasteiger partial charge on any atom is -0.396 e. The summed E-state index contributed by atoms with van der Waals surface area (Å²) in [4.78, 5) is 0. The molecule has 2 unspecified atom stereocenters. The fraction of sp³-hybridized carbons (Fsp3) is 0.538. The zero-order valence-electron chi connectivity index (χ0n) is 10.3. The van der Waals surface area contributed by atoms with Crippen LogP contribution >= 0.6 is 0 Å². The third-order valence-corrected chi connectivity index (χ3v) is 2.70. The first-order chi connectivity index (χ1) is 8.19. The molecule has 4 heteroatoms. The van der Waals surface area contributed by atoms with E-state index in [1.165, 1.54) is 6.07 Å². The van der Waals surface area contributed by atoms with Crippen LogP contribution in [0.5, 0.6) is 0 Å². The van der Waals surface area contributed by atoms with Gasteiger partial charge >= 0.3 is 0 Å². The molecular formula is C13H20FNO2. The highest BCUT2D eigenvalue weighted by Crippen LogP contribution is 2.17. The molecule has 96 valence electrons. The van der Waals surface area contributed by atoms with Gasteiger partial charge in [-0.25, -0.2) is 4.39 Å². The molecule has 0 saturated heterocycles. The number of aliphatic hydroxyl groups is 1. The Morgan fingerprint density at radius 2 is 2.12 bits per heavy atom. The minimum absolute atomic E-state index is 0.0274. The van der Waals surface area contributed by atoms with Crippen molar-refractivity contribution in [3.8, 4) is 0 Å². The number of methoxy groups -OCH3 is 1. The molecule has 0 heterocycles. The number of hydrogen-bond donors (Lipinski definition) is 2. The first-order valence-corrected chi connectivity index (χ1v) is 5.79. The standard InChI is InChI=1S/C13H20FNO2/c1-10(12-5-3-4-6-13(12)14)15-11(7-8-16)9-17-2/h3-6,10-11,15-16H,7-9H2,1-2H3. The Hall–Kier alpha value is -0.970.